The molecule has 11 N–H and O–H groups in total. The Morgan fingerprint density at radius 1 is 0.733 bits per heavy atom. The van der Waals surface area contributed by atoms with Gasteiger partial charge in [-0.2, -0.15) is 0 Å². The average Bonchev–Trinajstić information content (AvgIpc) is 2.71. The number of hydrogen-bond donors (Lipinski definition) is 7. The lowest BCUT2D eigenvalue weighted by molar-refractivity contribution is -0.123. The molecule has 2 atom stereocenters. The van der Waals surface area contributed by atoms with Crippen LogP contribution in [0.5, 0.6) is 0 Å². The van der Waals surface area contributed by atoms with Crippen LogP contribution in [0.1, 0.15) is 51.4 Å². The van der Waals surface area contributed by atoms with E-state index in [0.29, 0.717) is 51.9 Å². The molecule has 0 bridgehead atoms. The van der Waals surface area contributed by atoms with Crippen molar-refractivity contribution < 1.29 is 19.5 Å². The number of rotatable bonds is 18. The summed E-state index contributed by atoms with van der Waals surface area (Å²) in [5.41, 5.74) is 22.4. The lowest BCUT2D eigenvalue weighted by Crippen LogP contribution is -2.42. The molecule has 0 aliphatic rings. The average molecular weight is 432 g/mol. The third kappa shape index (κ3) is 14.1. The smallest absolute Gasteiger partial charge is 0.407 e. The van der Waals surface area contributed by atoms with Gasteiger partial charge in [0, 0.05) is 26.2 Å². The summed E-state index contributed by atoms with van der Waals surface area (Å²) in [4.78, 5) is 36.4. The summed E-state index contributed by atoms with van der Waals surface area (Å²) < 4.78 is 0. The van der Waals surface area contributed by atoms with Gasteiger partial charge in [-0.05, 0) is 51.6 Å². The van der Waals surface area contributed by atoms with Gasteiger partial charge < -0.3 is 43.6 Å². The molecule has 0 fully saturated rings. The third-order valence-electron chi connectivity index (χ3n) is 4.69. The fourth-order valence-electron chi connectivity index (χ4n) is 2.81. The van der Waals surface area contributed by atoms with Crippen molar-refractivity contribution in [3.63, 3.8) is 0 Å². The minimum atomic E-state index is -1.04. The predicted molar refractivity (Wildman–Crippen MR) is 117 cm³/mol. The van der Waals surface area contributed by atoms with Crippen LogP contribution in [0.4, 0.5) is 4.79 Å². The maximum Gasteiger partial charge on any atom is 0.407 e. The lowest BCUT2D eigenvalue weighted by atomic mass is 10.1. The second-order valence-corrected chi connectivity index (χ2v) is 7.34. The van der Waals surface area contributed by atoms with Crippen LogP contribution in [-0.2, 0) is 9.59 Å². The first kappa shape index (κ1) is 28.1. The topological polar surface area (TPSA) is 203 Å². The molecule has 3 amide bonds. The molecule has 30 heavy (non-hydrogen) atoms. The van der Waals surface area contributed by atoms with E-state index in [1.807, 2.05) is 0 Å². The highest BCUT2D eigenvalue weighted by molar-refractivity contribution is 5.81. The first-order valence-electron chi connectivity index (χ1n) is 10.8. The summed E-state index contributed by atoms with van der Waals surface area (Å²) in [5, 5.41) is 14.7. The summed E-state index contributed by atoms with van der Waals surface area (Å²) in [6.45, 7) is 2.41. The van der Waals surface area contributed by atoms with Crippen LogP contribution in [0, 0.1) is 0 Å². The molecule has 0 aliphatic carbocycles. The van der Waals surface area contributed by atoms with E-state index >= 15 is 0 Å². The van der Waals surface area contributed by atoms with Gasteiger partial charge in [0.25, 0.3) is 0 Å². The molecule has 0 aromatic rings. The predicted octanol–water partition coefficient (Wildman–Crippen LogP) is -1.11. The minimum absolute atomic E-state index is 0.237. The van der Waals surface area contributed by atoms with E-state index in [0.717, 1.165) is 25.7 Å². The maximum absolute atomic E-state index is 11.9. The van der Waals surface area contributed by atoms with Crippen molar-refractivity contribution in [1.82, 2.24) is 15.5 Å². The van der Waals surface area contributed by atoms with Crippen molar-refractivity contribution >= 4 is 17.9 Å². The van der Waals surface area contributed by atoms with Crippen LogP contribution in [0.3, 0.4) is 0 Å². The largest absolute Gasteiger partial charge is 0.465 e. The van der Waals surface area contributed by atoms with Crippen LogP contribution in [-0.4, -0.2) is 79.3 Å². The highest BCUT2D eigenvalue weighted by Crippen LogP contribution is 2.00. The van der Waals surface area contributed by atoms with E-state index in [2.05, 4.69) is 10.6 Å². The van der Waals surface area contributed by atoms with Crippen LogP contribution < -0.4 is 33.6 Å². The number of nitrogens with one attached hydrogen (secondary N) is 2. The van der Waals surface area contributed by atoms with Crippen molar-refractivity contribution in [1.29, 1.82) is 0 Å². The van der Waals surface area contributed by atoms with E-state index in [1.165, 1.54) is 4.90 Å². The Balaban J connectivity index is 3.99. The number of carbonyl (C=O) groups excluding carboxylic acids is 2. The Hall–Kier alpha value is -1.95. The van der Waals surface area contributed by atoms with Crippen LogP contribution >= 0.6 is 0 Å². The molecule has 11 nitrogen and oxygen atoms in total. The van der Waals surface area contributed by atoms with Gasteiger partial charge in [0.2, 0.25) is 11.8 Å². The minimum Gasteiger partial charge on any atom is -0.465 e. The molecule has 0 radical (unpaired) electrons. The summed E-state index contributed by atoms with van der Waals surface area (Å²) in [6.07, 6.45) is 4.33. The van der Waals surface area contributed by atoms with Crippen LogP contribution in [0.2, 0.25) is 0 Å². The Bertz CT molecular complexity index is 458. The molecule has 0 aliphatic heterocycles. The molecule has 0 rings (SSSR count). The Kier molecular flexibility index (Phi) is 16.7. The normalized spacial score (nSPS) is 12.8. The quantitative estimate of drug-likeness (QED) is 0.132. The monoisotopic (exact) mass is 431 g/mol. The summed E-state index contributed by atoms with van der Waals surface area (Å²) in [5.74, 6) is -0.473. The van der Waals surface area contributed by atoms with Crippen molar-refractivity contribution in [2.75, 3.05) is 39.3 Å². The van der Waals surface area contributed by atoms with Gasteiger partial charge in [-0.25, -0.2) is 4.79 Å². The van der Waals surface area contributed by atoms with Crippen molar-refractivity contribution in [2.24, 2.45) is 22.9 Å². The summed E-state index contributed by atoms with van der Waals surface area (Å²) >= 11 is 0. The van der Waals surface area contributed by atoms with E-state index in [9.17, 15) is 19.5 Å². The fourth-order valence-corrected chi connectivity index (χ4v) is 2.81. The van der Waals surface area contributed by atoms with E-state index < -0.39 is 18.2 Å². The number of carbonyl (C=O) groups is 3. The number of unbranched alkanes of at least 4 members (excludes halogenated alkanes) is 2. The van der Waals surface area contributed by atoms with Crippen molar-refractivity contribution in [2.45, 2.75) is 63.5 Å². The Labute approximate surface area is 179 Å². The zero-order valence-electron chi connectivity index (χ0n) is 18.0. The van der Waals surface area contributed by atoms with Crippen LogP contribution in [0.25, 0.3) is 0 Å². The molecule has 0 heterocycles. The van der Waals surface area contributed by atoms with E-state index in [4.69, 9.17) is 22.9 Å². The molecular formula is C19H41N7O4. The third-order valence-corrected chi connectivity index (χ3v) is 4.69. The number of amides is 3. The van der Waals surface area contributed by atoms with Gasteiger partial charge in [0.15, 0.2) is 0 Å². The molecular weight excluding hydrogens is 390 g/mol. The second-order valence-electron chi connectivity index (χ2n) is 7.34. The standard InChI is InChI=1S/C19H41N7O4/c20-9-3-1-7-15(22)17(27)24-11-5-13-26(19(29)30)14-6-12-25-18(28)16(23)8-2-4-10-21/h15-16H,1-14,20-23H2,(H,24,27)(H,25,28)(H,29,30). The molecule has 2 unspecified atom stereocenters. The van der Waals surface area contributed by atoms with E-state index in [1.54, 1.807) is 0 Å². The van der Waals surface area contributed by atoms with Gasteiger partial charge in [0.05, 0.1) is 12.1 Å². The number of carboxylic acid groups (broad SMARTS) is 1. The number of hydrogen-bond acceptors (Lipinski definition) is 7. The fraction of sp³-hybridized carbons (Fsp3) is 0.842. The molecule has 0 aromatic heterocycles. The summed E-state index contributed by atoms with van der Waals surface area (Å²) in [6, 6.07) is -1.14. The highest BCUT2D eigenvalue weighted by atomic mass is 16.4. The van der Waals surface area contributed by atoms with Crippen molar-refractivity contribution in [3.05, 3.63) is 0 Å². The maximum atomic E-state index is 11.9. The highest BCUT2D eigenvalue weighted by Gasteiger charge is 2.15. The number of nitrogens with two attached hydrogens (primary N) is 4. The molecule has 0 saturated heterocycles. The van der Waals surface area contributed by atoms with Gasteiger partial charge in [0.1, 0.15) is 0 Å². The summed E-state index contributed by atoms with van der Waals surface area (Å²) in [7, 11) is 0. The van der Waals surface area contributed by atoms with E-state index in [-0.39, 0.29) is 24.9 Å². The lowest BCUT2D eigenvalue weighted by Gasteiger charge is -2.20. The number of nitrogens with zero attached hydrogens (tertiary/aromatic N) is 1. The van der Waals surface area contributed by atoms with Gasteiger partial charge in [-0.3, -0.25) is 9.59 Å². The molecule has 176 valence electrons. The Morgan fingerprint density at radius 2 is 1.13 bits per heavy atom. The van der Waals surface area contributed by atoms with Gasteiger partial charge >= 0.3 is 6.09 Å². The van der Waals surface area contributed by atoms with Crippen molar-refractivity contribution in [3.8, 4) is 0 Å². The molecule has 0 aromatic carbocycles. The zero-order valence-corrected chi connectivity index (χ0v) is 18.0. The zero-order chi connectivity index (χ0) is 22.8. The van der Waals surface area contributed by atoms with Gasteiger partial charge in [-0.15, -0.1) is 0 Å². The molecule has 11 heteroatoms. The molecule has 0 spiro atoms. The molecule has 0 saturated carbocycles. The SMILES string of the molecule is NCCCCC(N)C(=O)NCCCN(CCCNC(=O)C(N)CCCCN)C(=O)O. The van der Waals surface area contributed by atoms with Crippen LogP contribution in [0.15, 0.2) is 0 Å². The second kappa shape index (κ2) is 17.9. The first-order chi connectivity index (χ1) is 14.3. The Morgan fingerprint density at radius 3 is 1.47 bits per heavy atom. The first-order valence-corrected chi connectivity index (χ1v) is 10.8. The van der Waals surface area contributed by atoms with Gasteiger partial charge in [-0.1, -0.05) is 12.8 Å².